The third-order valence-electron chi connectivity index (χ3n) is 3.17. The maximum Gasteiger partial charge on any atom is 0.416 e. The van der Waals surface area contributed by atoms with Crippen LogP contribution in [0.25, 0.3) is 0 Å². The average molecular weight is 306 g/mol. The van der Waals surface area contributed by atoms with Gasteiger partial charge in [0.2, 0.25) is 0 Å². The van der Waals surface area contributed by atoms with Crippen molar-refractivity contribution in [1.29, 1.82) is 0 Å². The zero-order chi connectivity index (χ0) is 16.2. The number of alkyl halides is 3. The Balaban J connectivity index is 2.74. The Morgan fingerprint density at radius 3 is 2.48 bits per heavy atom. The zero-order valence-electron chi connectivity index (χ0n) is 12.1. The molecule has 1 amide bonds. The van der Waals surface area contributed by atoms with Crippen molar-refractivity contribution in [2.45, 2.75) is 26.1 Å². The molecule has 0 spiro atoms. The van der Waals surface area contributed by atoms with Gasteiger partial charge in [0.1, 0.15) is 5.82 Å². The fourth-order valence-electron chi connectivity index (χ4n) is 1.57. The predicted molar refractivity (Wildman–Crippen MR) is 71.5 cm³/mol. The lowest BCUT2D eigenvalue weighted by Crippen LogP contribution is -2.36. The highest BCUT2D eigenvalue weighted by molar-refractivity contribution is 5.94. The quantitative estimate of drug-likeness (QED) is 0.848. The van der Waals surface area contributed by atoms with Crippen LogP contribution in [-0.2, 0) is 6.18 Å². The van der Waals surface area contributed by atoms with Gasteiger partial charge in [0, 0.05) is 19.1 Å². The summed E-state index contributed by atoms with van der Waals surface area (Å²) in [4.78, 5) is 13.7. The van der Waals surface area contributed by atoms with Gasteiger partial charge in [0.05, 0.1) is 11.1 Å². The number of rotatable bonds is 5. The van der Waals surface area contributed by atoms with Crippen molar-refractivity contribution in [2.24, 2.45) is 0 Å². The van der Waals surface area contributed by atoms with Gasteiger partial charge in [-0.25, -0.2) is 4.39 Å². The van der Waals surface area contributed by atoms with Gasteiger partial charge in [-0.05, 0) is 39.1 Å². The summed E-state index contributed by atoms with van der Waals surface area (Å²) in [6, 6.07) is 2.06. The van der Waals surface area contributed by atoms with Crippen molar-refractivity contribution < 1.29 is 22.4 Å². The topological polar surface area (TPSA) is 32.3 Å². The highest BCUT2D eigenvalue weighted by Gasteiger charge is 2.31. The number of hydrogen-bond acceptors (Lipinski definition) is 2. The Labute approximate surface area is 120 Å². The Bertz CT molecular complexity index is 500. The van der Waals surface area contributed by atoms with Crippen LogP contribution in [-0.4, -0.2) is 37.0 Å². The number of carbonyl (C=O) groups excluding carboxylic acids is 1. The number of likely N-dealkylation sites (N-methyl/N-ethyl adjacent to an activating group) is 1. The normalized spacial score (nSPS) is 12.0. The summed E-state index contributed by atoms with van der Waals surface area (Å²) in [6.45, 7) is 4.68. The molecule has 118 valence electrons. The van der Waals surface area contributed by atoms with Gasteiger partial charge in [-0.15, -0.1) is 0 Å². The van der Waals surface area contributed by atoms with Crippen LogP contribution in [0.1, 0.15) is 29.8 Å². The summed E-state index contributed by atoms with van der Waals surface area (Å²) in [5, 5.41) is 2.42. The molecule has 0 aliphatic carbocycles. The first-order valence-corrected chi connectivity index (χ1v) is 6.48. The number of halogens is 4. The molecule has 21 heavy (non-hydrogen) atoms. The van der Waals surface area contributed by atoms with E-state index >= 15 is 0 Å². The first kappa shape index (κ1) is 17.4. The lowest BCUT2D eigenvalue weighted by molar-refractivity contribution is -0.137. The fraction of sp³-hybridized carbons (Fsp3) is 0.500. The zero-order valence-corrected chi connectivity index (χ0v) is 12.1. The SMILES string of the molecule is CC(C)N(C)CCNC(=O)c1cc(C(F)(F)F)ccc1F. The summed E-state index contributed by atoms with van der Waals surface area (Å²) in [7, 11) is 1.85. The first-order valence-electron chi connectivity index (χ1n) is 6.48. The Kier molecular flexibility index (Phi) is 5.71. The third kappa shape index (κ3) is 5.00. The second kappa shape index (κ2) is 6.89. The van der Waals surface area contributed by atoms with E-state index in [1.807, 2.05) is 25.8 Å². The number of carbonyl (C=O) groups is 1. The summed E-state index contributed by atoms with van der Waals surface area (Å²) >= 11 is 0. The molecule has 0 bridgehead atoms. The minimum atomic E-state index is -4.61. The molecule has 0 heterocycles. The average Bonchev–Trinajstić information content (AvgIpc) is 2.37. The van der Waals surface area contributed by atoms with Crippen LogP contribution >= 0.6 is 0 Å². The molecule has 0 saturated carbocycles. The molecule has 0 radical (unpaired) electrons. The standard InChI is InChI=1S/C14H18F4N2O/c1-9(2)20(3)7-6-19-13(21)11-8-10(14(16,17)18)4-5-12(11)15/h4-5,8-9H,6-7H2,1-3H3,(H,19,21). The lowest BCUT2D eigenvalue weighted by Gasteiger charge is -2.21. The third-order valence-corrected chi connectivity index (χ3v) is 3.17. The summed E-state index contributed by atoms with van der Waals surface area (Å²) in [5.74, 6) is -1.83. The minimum Gasteiger partial charge on any atom is -0.351 e. The number of amides is 1. The van der Waals surface area contributed by atoms with Crippen LogP contribution in [0.3, 0.4) is 0 Å². The molecule has 1 aromatic carbocycles. The van der Waals surface area contributed by atoms with Gasteiger partial charge in [0.25, 0.3) is 5.91 Å². The van der Waals surface area contributed by atoms with Crippen molar-refractivity contribution in [3.05, 3.63) is 35.1 Å². The largest absolute Gasteiger partial charge is 0.416 e. The second-order valence-corrected chi connectivity index (χ2v) is 5.02. The lowest BCUT2D eigenvalue weighted by atomic mass is 10.1. The Morgan fingerprint density at radius 2 is 1.95 bits per heavy atom. The fourth-order valence-corrected chi connectivity index (χ4v) is 1.57. The van der Waals surface area contributed by atoms with Crippen molar-refractivity contribution in [3.63, 3.8) is 0 Å². The smallest absolute Gasteiger partial charge is 0.351 e. The number of benzene rings is 1. The van der Waals surface area contributed by atoms with E-state index in [2.05, 4.69) is 5.32 Å². The molecule has 0 aromatic heterocycles. The maximum atomic E-state index is 13.5. The van der Waals surface area contributed by atoms with Gasteiger partial charge in [0.15, 0.2) is 0 Å². The van der Waals surface area contributed by atoms with E-state index in [0.717, 1.165) is 0 Å². The van der Waals surface area contributed by atoms with Crippen LogP contribution in [0.5, 0.6) is 0 Å². The molecule has 0 aliphatic rings. The summed E-state index contributed by atoms with van der Waals surface area (Å²) < 4.78 is 51.1. The van der Waals surface area contributed by atoms with Crippen LogP contribution in [0.2, 0.25) is 0 Å². The van der Waals surface area contributed by atoms with E-state index in [9.17, 15) is 22.4 Å². The number of nitrogens with zero attached hydrogens (tertiary/aromatic N) is 1. The highest BCUT2D eigenvalue weighted by Crippen LogP contribution is 2.30. The van der Waals surface area contributed by atoms with Crippen molar-refractivity contribution in [1.82, 2.24) is 10.2 Å². The first-order chi connectivity index (χ1) is 9.62. The highest BCUT2D eigenvalue weighted by atomic mass is 19.4. The van der Waals surface area contributed by atoms with Gasteiger partial charge in [-0.1, -0.05) is 0 Å². The molecule has 1 rings (SSSR count). The molecule has 1 N–H and O–H groups in total. The van der Waals surface area contributed by atoms with Gasteiger partial charge < -0.3 is 10.2 Å². The molecule has 0 saturated heterocycles. The minimum absolute atomic E-state index is 0.225. The summed E-state index contributed by atoms with van der Waals surface area (Å²) in [5.41, 5.74) is -1.65. The molecule has 7 heteroatoms. The van der Waals surface area contributed by atoms with E-state index in [0.29, 0.717) is 24.7 Å². The molecule has 0 atom stereocenters. The molecular weight excluding hydrogens is 288 g/mol. The van der Waals surface area contributed by atoms with Gasteiger partial charge >= 0.3 is 6.18 Å². The van der Waals surface area contributed by atoms with Crippen LogP contribution < -0.4 is 5.32 Å². The molecule has 0 unspecified atom stereocenters. The second-order valence-electron chi connectivity index (χ2n) is 5.02. The Hall–Kier alpha value is -1.63. The molecule has 1 aromatic rings. The van der Waals surface area contributed by atoms with Gasteiger partial charge in [-0.3, -0.25) is 4.79 Å². The maximum absolute atomic E-state index is 13.5. The molecular formula is C14H18F4N2O. The van der Waals surface area contributed by atoms with Crippen molar-refractivity contribution >= 4 is 5.91 Å². The van der Waals surface area contributed by atoms with E-state index in [1.165, 1.54) is 0 Å². The van der Waals surface area contributed by atoms with Crippen LogP contribution in [0.15, 0.2) is 18.2 Å². The number of nitrogens with one attached hydrogen (secondary N) is 1. The van der Waals surface area contributed by atoms with Crippen LogP contribution in [0.4, 0.5) is 17.6 Å². The molecule has 0 fully saturated rings. The van der Waals surface area contributed by atoms with Crippen molar-refractivity contribution in [3.8, 4) is 0 Å². The van der Waals surface area contributed by atoms with Gasteiger partial charge in [-0.2, -0.15) is 13.2 Å². The van der Waals surface area contributed by atoms with E-state index < -0.39 is 29.0 Å². The number of hydrogen-bond donors (Lipinski definition) is 1. The molecule has 3 nitrogen and oxygen atoms in total. The van der Waals surface area contributed by atoms with Crippen molar-refractivity contribution in [2.75, 3.05) is 20.1 Å². The van der Waals surface area contributed by atoms with E-state index in [-0.39, 0.29) is 12.6 Å². The van der Waals surface area contributed by atoms with E-state index in [1.54, 1.807) is 0 Å². The summed E-state index contributed by atoms with van der Waals surface area (Å²) in [6.07, 6.45) is -4.61. The van der Waals surface area contributed by atoms with E-state index in [4.69, 9.17) is 0 Å². The monoisotopic (exact) mass is 306 g/mol. The predicted octanol–water partition coefficient (Wildman–Crippen LogP) is 2.91. The Morgan fingerprint density at radius 1 is 1.33 bits per heavy atom. The van der Waals surface area contributed by atoms with Crippen LogP contribution in [0, 0.1) is 5.82 Å². The molecule has 0 aliphatic heterocycles.